The Kier molecular flexibility index (Phi) is 0.702. The molecule has 1 nitrogen and oxygen atoms in total. The lowest BCUT2D eigenvalue weighted by Crippen LogP contribution is -2.26. The Morgan fingerprint density at radius 2 is 2.40 bits per heavy atom. The number of fused-ring (bicyclic) bond motifs is 2. The molecule has 2 atom stereocenters. The van der Waals surface area contributed by atoms with Gasteiger partial charge in [-0.3, -0.25) is 5.32 Å². The van der Waals surface area contributed by atoms with Gasteiger partial charge in [-0.1, -0.05) is 24.3 Å². The first-order valence-corrected chi connectivity index (χ1v) is 3.79. The zero-order valence-corrected chi connectivity index (χ0v) is 5.67. The first kappa shape index (κ1) is 4.91. The van der Waals surface area contributed by atoms with E-state index in [1.165, 1.54) is 12.0 Å². The van der Waals surface area contributed by atoms with Crippen molar-refractivity contribution >= 4 is 0 Å². The van der Waals surface area contributed by atoms with Gasteiger partial charge in [0.15, 0.2) is 0 Å². The lowest BCUT2D eigenvalue weighted by Gasteiger charge is -2.12. The smallest absolute Gasteiger partial charge is 0.0514 e. The number of nitrogens with one attached hydrogen (secondary N) is 1. The molecule has 3 rings (SSSR count). The average molecular weight is 131 g/mol. The van der Waals surface area contributed by atoms with Crippen LogP contribution in [-0.2, 0) is 0 Å². The summed E-state index contributed by atoms with van der Waals surface area (Å²) in [7, 11) is 0. The van der Waals surface area contributed by atoms with Crippen molar-refractivity contribution in [3.05, 3.63) is 35.5 Å². The lowest BCUT2D eigenvalue weighted by atomic mass is 10.0. The zero-order valence-electron chi connectivity index (χ0n) is 5.67. The third-order valence-electron chi connectivity index (χ3n) is 2.46. The Hall–Kier alpha value is -0.820. The summed E-state index contributed by atoms with van der Waals surface area (Å²) in [6.45, 7) is 0. The molecular weight excluding hydrogens is 122 g/mol. The molecule has 0 bridgehead atoms. The highest BCUT2D eigenvalue weighted by Crippen LogP contribution is 2.41. The van der Waals surface area contributed by atoms with Gasteiger partial charge in [0.05, 0.1) is 6.04 Å². The van der Waals surface area contributed by atoms with Crippen molar-refractivity contribution < 1.29 is 0 Å². The third kappa shape index (κ3) is 0.469. The first-order valence-electron chi connectivity index (χ1n) is 3.79. The molecule has 1 aliphatic heterocycles. The van der Waals surface area contributed by atoms with Gasteiger partial charge in [-0.15, -0.1) is 0 Å². The number of hydrogen-bond donors (Lipinski definition) is 1. The molecule has 0 radical (unpaired) electrons. The van der Waals surface area contributed by atoms with Crippen LogP contribution in [0.15, 0.2) is 35.5 Å². The third-order valence-corrected chi connectivity index (χ3v) is 2.46. The van der Waals surface area contributed by atoms with Crippen LogP contribution < -0.4 is 5.32 Å². The van der Waals surface area contributed by atoms with E-state index < -0.39 is 0 Å². The molecule has 1 N–H and O–H groups in total. The molecule has 0 amide bonds. The van der Waals surface area contributed by atoms with E-state index in [1.54, 1.807) is 5.57 Å². The standard InChI is InChI=1S/C9H9N/c1-2-4-8-6(3-1)7-5-9(7)10-8/h1-4,8-10H,5H2. The van der Waals surface area contributed by atoms with Gasteiger partial charge in [0.2, 0.25) is 0 Å². The quantitative estimate of drug-likeness (QED) is 0.520. The van der Waals surface area contributed by atoms with E-state index in [-0.39, 0.29) is 0 Å². The van der Waals surface area contributed by atoms with Crippen molar-refractivity contribution in [1.29, 1.82) is 0 Å². The van der Waals surface area contributed by atoms with E-state index in [0.29, 0.717) is 6.04 Å². The Labute approximate surface area is 60.1 Å². The average Bonchev–Trinajstić information content (AvgIpc) is 2.64. The highest BCUT2D eigenvalue weighted by atomic mass is 15.0. The SMILES string of the molecule is C1=CC2=C3CC3NC2C=C1. The molecule has 10 heavy (non-hydrogen) atoms. The van der Waals surface area contributed by atoms with Crippen LogP contribution in [0.4, 0.5) is 0 Å². The summed E-state index contributed by atoms with van der Waals surface area (Å²) < 4.78 is 0. The van der Waals surface area contributed by atoms with Crippen LogP contribution in [0.1, 0.15) is 6.42 Å². The molecule has 1 saturated carbocycles. The topological polar surface area (TPSA) is 12.0 Å². The van der Waals surface area contributed by atoms with Crippen LogP contribution in [-0.4, -0.2) is 12.1 Å². The van der Waals surface area contributed by atoms with Gasteiger partial charge < -0.3 is 0 Å². The second-order valence-electron chi connectivity index (χ2n) is 3.13. The monoisotopic (exact) mass is 131 g/mol. The van der Waals surface area contributed by atoms with E-state index in [4.69, 9.17) is 0 Å². The van der Waals surface area contributed by atoms with Gasteiger partial charge in [-0.2, -0.15) is 0 Å². The van der Waals surface area contributed by atoms with Crippen LogP contribution >= 0.6 is 0 Å². The minimum atomic E-state index is 0.554. The Morgan fingerprint density at radius 3 is 3.30 bits per heavy atom. The molecule has 2 aliphatic carbocycles. The summed E-state index contributed by atoms with van der Waals surface area (Å²) in [5, 5.41) is 3.52. The van der Waals surface area contributed by atoms with Gasteiger partial charge >= 0.3 is 0 Å². The van der Waals surface area contributed by atoms with E-state index in [9.17, 15) is 0 Å². The van der Waals surface area contributed by atoms with Gasteiger partial charge in [-0.25, -0.2) is 0 Å². The van der Waals surface area contributed by atoms with Gasteiger partial charge in [0.25, 0.3) is 0 Å². The van der Waals surface area contributed by atoms with Crippen molar-refractivity contribution in [2.75, 3.05) is 0 Å². The minimum absolute atomic E-state index is 0.554. The van der Waals surface area contributed by atoms with Crippen LogP contribution in [0.25, 0.3) is 0 Å². The van der Waals surface area contributed by atoms with E-state index >= 15 is 0 Å². The Morgan fingerprint density at radius 1 is 1.40 bits per heavy atom. The lowest BCUT2D eigenvalue weighted by molar-refractivity contribution is 0.692. The summed E-state index contributed by atoms with van der Waals surface area (Å²) in [6, 6.07) is 1.30. The summed E-state index contributed by atoms with van der Waals surface area (Å²) in [4.78, 5) is 0. The zero-order chi connectivity index (χ0) is 6.55. The van der Waals surface area contributed by atoms with E-state index in [1.807, 2.05) is 0 Å². The molecule has 1 fully saturated rings. The van der Waals surface area contributed by atoms with Crippen LogP contribution in [0.5, 0.6) is 0 Å². The van der Waals surface area contributed by atoms with E-state index in [2.05, 4.69) is 29.6 Å². The largest absolute Gasteiger partial charge is 0.300 e. The first-order chi connectivity index (χ1) is 4.95. The predicted octanol–water partition coefficient (Wildman–Crippen LogP) is 1.15. The fourth-order valence-electron chi connectivity index (χ4n) is 1.85. The fraction of sp³-hybridized carbons (Fsp3) is 0.333. The van der Waals surface area contributed by atoms with Crippen molar-refractivity contribution in [3.63, 3.8) is 0 Å². The number of allylic oxidation sites excluding steroid dienone is 2. The maximum Gasteiger partial charge on any atom is 0.0514 e. The van der Waals surface area contributed by atoms with Gasteiger partial charge in [-0.05, 0) is 17.6 Å². The van der Waals surface area contributed by atoms with Crippen molar-refractivity contribution in [2.45, 2.75) is 18.5 Å². The molecule has 0 aromatic heterocycles. The molecule has 3 aliphatic rings. The van der Waals surface area contributed by atoms with Crippen molar-refractivity contribution in [2.24, 2.45) is 0 Å². The van der Waals surface area contributed by atoms with Gasteiger partial charge in [0.1, 0.15) is 0 Å². The number of hydrogen-bond acceptors (Lipinski definition) is 1. The fourth-order valence-corrected chi connectivity index (χ4v) is 1.85. The molecule has 1 heteroatoms. The maximum absolute atomic E-state index is 3.52. The van der Waals surface area contributed by atoms with Gasteiger partial charge in [0, 0.05) is 6.04 Å². The molecule has 0 aromatic carbocycles. The molecule has 0 spiro atoms. The van der Waals surface area contributed by atoms with Crippen LogP contribution in [0, 0.1) is 0 Å². The predicted molar refractivity (Wildman–Crippen MR) is 40.6 cm³/mol. The highest BCUT2D eigenvalue weighted by Gasteiger charge is 2.41. The highest BCUT2D eigenvalue weighted by molar-refractivity contribution is 5.52. The Balaban J connectivity index is 2.13. The van der Waals surface area contributed by atoms with Crippen LogP contribution in [0.2, 0.25) is 0 Å². The summed E-state index contributed by atoms with van der Waals surface area (Å²) >= 11 is 0. The Bertz CT molecular complexity index is 270. The van der Waals surface area contributed by atoms with Crippen molar-refractivity contribution in [3.8, 4) is 0 Å². The van der Waals surface area contributed by atoms with E-state index in [0.717, 1.165) is 6.04 Å². The summed E-state index contributed by atoms with van der Waals surface area (Å²) in [6.07, 6.45) is 10.0. The molecule has 2 unspecified atom stereocenters. The minimum Gasteiger partial charge on any atom is -0.300 e. The maximum atomic E-state index is 3.52. The molecular formula is C9H9N. The van der Waals surface area contributed by atoms with Crippen molar-refractivity contribution in [1.82, 2.24) is 5.32 Å². The molecule has 0 aromatic rings. The number of rotatable bonds is 0. The van der Waals surface area contributed by atoms with Crippen LogP contribution in [0.3, 0.4) is 0 Å². The summed E-state index contributed by atoms with van der Waals surface area (Å²) in [5.74, 6) is 0. The second kappa shape index (κ2) is 1.43. The molecule has 50 valence electrons. The normalized spacial score (nSPS) is 40.0. The molecule has 1 heterocycles. The molecule has 0 saturated heterocycles. The summed E-state index contributed by atoms with van der Waals surface area (Å²) in [5.41, 5.74) is 3.18. The second-order valence-corrected chi connectivity index (χ2v) is 3.13.